The van der Waals surface area contributed by atoms with Gasteiger partial charge in [0, 0.05) is 18.3 Å². The Hall–Kier alpha value is -3.47. The van der Waals surface area contributed by atoms with E-state index in [0.29, 0.717) is 5.56 Å². The van der Waals surface area contributed by atoms with Crippen LogP contribution in [0.15, 0.2) is 48.7 Å². The van der Waals surface area contributed by atoms with Crippen molar-refractivity contribution >= 4 is 35.2 Å². The molecule has 7 nitrogen and oxygen atoms in total. The van der Waals surface area contributed by atoms with Crippen molar-refractivity contribution in [2.24, 2.45) is 0 Å². The molecule has 0 aliphatic carbocycles. The number of hydrogen-bond acceptors (Lipinski definition) is 4. The maximum Gasteiger partial charge on any atom is 0.416 e. The van der Waals surface area contributed by atoms with Crippen LogP contribution >= 0.6 is 11.6 Å². The number of carbonyl (C=O) groups is 3. The van der Waals surface area contributed by atoms with Gasteiger partial charge >= 0.3 is 12.1 Å². The van der Waals surface area contributed by atoms with Gasteiger partial charge in [-0.15, -0.1) is 0 Å². The second-order valence-electron chi connectivity index (χ2n) is 7.56. The van der Waals surface area contributed by atoms with E-state index in [4.69, 9.17) is 16.7 Å². The first-order chi connectivity index (χ1) is 15.9. The molecule has 2 aromatic rings. The first kappa shape index (κ1) is 25.2. The zero-order valence-electron chi connectivity index (χ0n) is 17.5. The molecule has 0 radical (unpaired) electrons. The van der Waals surface area contributed by atoms with E-state index in [9.17, 15) is 31.9 Å². The lowest BCUT2D eigenvalue weighted by Gasteiger charge is -2.40. The molecule has 2 amide bonds. The minimum absolute atomic E-state index is 0.0183. The third kappa shape index (κ3) is 5.53. The molecule has 0 spiro atoms. The van der Waals surface area contributed by atoms with Gasteiger partial charge in [-0.3, -0.25) is 14.5 Å². The number of halogens is 5. The quantitative estimate of drug-likeness (QED) is 0.458. The Morgan fingerprint density at radius 2 is 1.88 bits per heavy atom. The summed E-state index contributed by atoms with van der Waals surface area (Å²) in [6, 6.07) is 3.77. The fraction of sp³-hybridized carbons (Fsp3) is 0.273. The number of rotatable bonds is 7. The third-order valence-electron chi connectivity index (χ3n) is 5.24. The first-order valence-corrected chi connectivity index (χ1v) is 10.3. The molecule has 180 valence electrons. The minimum Gasteiger partial charge on any atom is -0.478 e. The normalized spacial score (nSPS) is 16.7. The van der Waals surface area contributed by atoms with Crippen LogP contribution in [0.25, 0.3) is 0 Å². The van der Waals surface area contributed by atoms with E-state index in [-0.39, 0.29) is 30.0 Å². The lowest BCUT2D eigenvalue weighted by Crippen LogP contribution is -2.60. The van der Waals surface area contributed by atoms with E-state index >= 15 is 0 Å². The number of anilines is 1. The zero-order chi connectivity index (χ0) is 25.2. The van der Waals surface area contributed by atoms with Gasteiger partial charge in [-0.25, -0.2) is 14.2 Å². The highest BCUT2D eigenvalue weighted by Gasteiger charge is 2.41. The van der Waals surface area contributed by atoms with Gasteiger partial charge in [-0.1, -0.05) is 30.3 Å². The molecule has 2 heterocycles. The molecular weight excluding hydrogens is 482 g/mol. The standard InChI is InChI=1S/C22H18ClF4N3O4/c1-12(21(33)34)2-7-17-20(32)30(19-16(24)8-15(23)9-28-19)11-18(31)29(17)10-13-3-5-14(6-4-13)22(25,26)27/h3-6,8-9,17H,1-2,7,10-11H2,(H,33,34). The molecule has 1 N–H and O–H groups in total. The van der Waals surface area contributed by atoms with Gasteiger partial charge < -0.3 is 10.0 Å². The fourth-order valence-corrected chi connectivity index (χ4v) is 3.61. The number of hydrogen-bond donors (Lipinski definition) is 1. The number of aliphatic carboxylic acids is 1. The van der Waals surface area contributed by atoms with Crippen molar-refractivity contribution in [3.05, 3.63) is 70.6 Å². The molecule has 1 unspecified atom stereocenters. The number of aromatic nitrogens is 1. The lowest BCUT2D eigenvalue weighted by atomic mass is 10.00. The summed E-state index contributed by atoms with van der Waals surface area (Å²) in [6.07, 6.45) is -3.74. The van der Waals surface area contributed by atoms with Gasteiger partial charge in [0.1, 0.15) is 12.6 Å². The summed E-state index contributed by atoms with van der Waals surface area (Å²) in [7, 11) is 0. The maximum atomic E-state index is 14.4. The molecule has 1 aliphatic heterocycles. The summed E-state index contributed by atoms with van der Waals surface area (Å²) in [4.78, 5) is 43.1. The summed E-state index contributed by atoms with van der Waals surface area (Å²) >= 11 is 5.70. The molecule has 1 atom stereocenters. The topological polar surface area (TPSA) is 90.8 Å². The average molecular weight is 500 g/mol. The van der Waals surface area contributed by atoms with Crippen LogP contribution in [0.2, 0.25) is 5.02 Å². The average Bonchev–Trinajstić information content (AvgIpc) is 2.75. The summed E-state index contributed by atoms with van der Waals surface area (Å²) in [5.41, 5.74) is -0.759. The number of pyridine rings is 1. The Morgan fingerprint density at radius 3 is 2.44 bits per heavy atom. The van der Waals surface area contributed by atoms with Crippen LogP contribution in [0.4, 0.5) is 23.4 Å². The smallest absolute Gasteiger partial charge is 0.416 e. The number of alkyl halides is 3. The van der Waals surface area contributed by atoms with Crippen molar-refractivity contribution in [3.8, 4) is 0 Å². The van der Waals surface area contributed by atoms with Crippen LogP contribution in [0.5, 0.6) is 0 Å². The second kappa shape index (κ2) is 9.80. The van der Waals surface area contributed by atoms with Crippen molar-refractivity contribution < 1.29 is 37.1 Å². The van der Waals surface area contributed by atoms with Gasteiger partial charge in [0.05, 0.1) is 10.6 Å². The van der Waals surface area contributed by atoms with Gasteiger partial charge in [0.2, 0.25) is 5.91 Å². The van der Waals surface area contributed by atoms with E-state index in [2.05, 4.69) is 11.6 Å². The Balaban J connectivity index is 1.91. The van der Waals surface area contributed by atoms with Crippen molar-refractivity contribution in [2.45, 2.75) is 31.6 Å². The minimum atomic E-state index is -4.54. The molecule has 1 fully saturated rings. The molecule has 1 aliphatic rings. The first-order valence-electron chi connectivity index (χ1n) is 9.87. The van der Waals surface area contributed by atoms with Gasteiger partial charge in [-0.05, 0) is 36.6 Å². The van der Waals surface area contributed by atoms with E-state index < -0.39 is 53.7 Å². The fourth-order valence-electron chi connectivity index (χ4n) is 3.47. The molecule has 0 saturated carbocycles. The number of benzene rings is 1. The summed E-state index contributed by atoms with van der Waals surface area (Å²) < 4.78 is 52.9. The molecule has 0 bridgehead atoms. The van der Waals surface area contributed by atoms with Crippen LogP contribution in [0, 0.1) is 5.82 Å². The molecule has 1 aromatic heterocycles. The van der Waals surface area contributed by atoms with Crippen LogP contribution in [0.1, 0.15) is 24.0 Å². The van der Waals surface area contributed by atoms with Crippen molar-refractivity contribution in [1.29, 1.82) is 0 Å². The van der Waals surface area contributed by atoms with Gasteiger partial charge in [0.15, 0.2) is 11.6 Å². The third-order valence-corrected chi connectivity index (χ3v) is 5.45. The Morgan fingerprint density at radius 1 is 1.24 bits per heavy atom. The van der Waals surface area contributed by atoms with Gasteiger partial charge in [0.25, 0.3) is 5.91 Å². The number of carbonyl (C=O) groups excluding carboxylic acids is 2. The molecule has 1 aromatic carbocycles. The number of piperazine rings is 1. The largest absolute Gasteiger partial charge is 0.478 e. The molecule has 3 rings (SSSR count). The highest BCUT2D eigenvalue weighted by atomic mass is 35.5. The predicted molar refractivity (Wildman–Crippen MR) is 113 cm³/mol. The number of nitrogens with zero attached hydrogens (tertiary/aromatic N) is 3. The van der Waals surface area contributed by atoms with Crippen molar-refractivity contribution in [2.75, 3.05) is 11.4 Å². The second-order valence-corrected chi connectivity index (χ2v) is 8.00. The van der Waals surface area contributed by atoms with Crippen LogP contribution in [0.3, 0.4) is 0 Å². The zero-order valence-corrected chi connectivity index (χ0v) is 18.2. The van der Waals surface area contributed by atoms with Crippen LogP contribution in [-0.4, -0.2) is 45.4 Å². The lowest BCUT2D eigenvalue weighted by molar-refractivity contribution is -0.144. The maximum absolute atomic E-state index is 14.4. The van der Waals surface area contributed by atoms with E-state index in [1.54, 1.807) is 0 Å². The SMILES string of the molecule is C=C(CCC1C(=O)N(c2ncc(Cl)cc2F)CC(=O)N1Cc1ccc(C(F)(F)F)cc1)C(=O)O. The van der Waals surface area contributed by atoms with E-state index in [0.717, 1.165) is 34.2 Å². The van der Waals surface area contributed by atoms with Crippen molar-refractivity contribution in [3.63, 3.8) is 0 Å². The Kier molecular flexibility index (Phi) is 7.25. The van der Waals surface area contributed by atoms with E-state index in [1.807, 2.05) is 0 Å². The summed E-state index contributed by atoms with van der Waals surface area (Å²) in [5, 5.41) is 9.06. The summed E-state index contributed by atoms with van der Waals surface area (Å²) in [6.45, 7) is 2.62. The Bertz CT molecular complexity index is 1140. The molecule has 1 saturated heterocycles. The van der Waals surface area contributed by atoms with Crippen LogP contribution in [-0.2, 0) is 27.1 Å². The number of carboxylic acid groups (broad SMARTS) is 1. The molecule has 12 heteroatoms. The number of amides is 2. The van der Waals surface area contributed by atoms with Crippen molar-refractivity contribution in [1.82, 2.24) is 9.88 Å². The predicted octanol–water partition coefficient (Wildman–Crippen LogP) is 4.06. The Labute approximate surface area is 196 Å². The highest BCUT2D eigenvalue weighted by Crippen LogP contribution is 2.30. The summed E-state index contributed by atoms with van der Waals surface area (Å²) in [5.74, 6) is -3.98. The number of carboxylic acids is 1. The highest BCUT2D eigenvalue weighted by molar-refractivity contribution is 6.30. The van der Waals surface area contributed by atoms with E-state index in [1.165, 1.54) is 12.1 Å². The van der Waals surface area contributed by atoms with Crippen LogP contribution < -0.4 is 4.90 Å². The monoisotopic (exact) mass is 499 g/mol. The molecular formula is C22H18ClF4N3O4. The van der Waals surface area contributed by atoms with Gasteiger partial charge in [-0.2, -0.15) is 13.2 Å². The molecule has 34 heavy (non-hydrogen) atoms.